The third-order valence-electron chi connectivity index (χ3n) is 22.0. The molecule has 2 aromatic heterocycles. The summed E-state index contributed by atoms with van der Waals surface area (Å²) in [6.07, 6.45) is 0. The predicted octanol–water partition coefficient (Wildman–Crippen LogP) is 25.3. The molecular weight excluding hydrogens is 1110 g/mol. The van der Waals surface area contributed by atoms with Gasteiger partial charge in [0.25, 0.3) is 0 Å². The first-order chi connectivity index (χ1) is 39.6. The Morgan fingerprint density at radius 1 is 0.238 bits per heavy atom. The van der Waals surface area contributed by atoms with Crippen molar-refractivity contribution in [1.82, 2.24) is 0 Å². The Labute approximate surface area is 518 Å². The number of rotatable bonds is 12. The summed E-state index contributed by atoms with van der Waals surface area (Å²) in [6, 6.07) is 28.4. The van der Waals surface area contributed by atoms with Crippen LogP contribution in [0, 0.1) is 45.9 Å². The molecule has 0 aliphatic rings. The van der Waals surface area contributed by atoms with E-state index in [1.54, 1.807) is 0 Å². The molecule has 0 amide bonds. The van der Waals surface area contributed by atoms with Gasteiger partial charge in [0.05, 0.1) is 20.5 Å². The monoisotopic (exact) mass is 1210 g/mol. The van der Waals surface area contributed by atoms with E-state index in [9.17, 15) is 0 Å². The zero-order valence-corrected chi connectivity index (χ0v) is 61.3. The largest absolute Gasteiger partial charge is 0.146 e. The van der Waals surface area contributed by atoms with Crippen LogP contribution in [0.25, 0.3) is 94.2 Å². The Morgan fingerprint density at radius 2 is 0.464 bits per heavy atom. The second kappa shape index (κ2) is 22.7. The molecule has 0 nitrogen and oxygen atoms in total. The van der Waals surface area contributed by atoms with E-state index in [2.05, 4.69) is 285 Å². The van der Waals surface area contributed by atoms with Gasteiger partial charge in [-0.2, -0.15) is 0 Å². The van der Waals surface area contributed by atoms with Crippen molar-refractivity contribution in [3.63, 3.8) is 0 Å². The van der Waals surface area contributed by atoms with Crippen LogP contribution in [0.1, 0.15) is 188 Å². The van der Waals surface area contributed by atoms with Gasteiger partial charge in [0.2, 0.25) is 0 Å². The summed E-state index contributed by atoms with van der Waals surface area (Å²) in [7, 11) is -9.05. The van der Waals surface area contributed by atoms with Crippen LogP contribution >= 0.6 is 22.7 Å². The fourth-order valence-electron chi connectivity index (χ4n) is 18.2. The fraction of sp³-hybridized carbons (Fsp3) is 0.462. The summed E-state index contributed by atoms with van der Waals surface area (Å²) < 4.78 is 5.22. The Balaban J connectivity index is 1.62. The average Bonchev–Trinajstić information content (AvgIpc) is 1.09. The number of hydrogen-bond donors (Lipinski definition) is 0. The molecule has 0 atom stereocenters. The molecule has 8 aromatic carbocycles. The molecule has 10 rings (SSSR count). The van der Waals surface area contributed by atoms with Gasteiger partial charge in [0.1, 0.15) is 32.3 Å². The van der Waals surface area contributed by atoms with Crippen LogP contribution in [0.15, 0.2) is 72.8 Å². The Hall–Kier alpha value is -4.87. The van der Waals surface area contributed by atoms with Crippen molar-refractivity contribution < 1.29 is 0 Å². The van der Waals surface area contributed by atoms with Gasteiger partial charge < -0.3 is 0 Å². The van der Waals surface area contributed by atoms with Crippen LogP contribution in [-0.4, -0.2) is 32.3 Å². The van der Waals surface area contributed by atoms with Gasteiger partial charge in [-0.25, -0.2) is 0 Å². The number of fused-ring (bicyclic) bond motifs is 8. The highest BCUT2D eigenvalue weighted by Gasteiger charge is 2.45. The number of thiophene rings is 2. The van der Waals surface area contributed by atoms with E-state index in [0.717, 1.165) is 11.1 Å². The van der Waals surface area contributed by atoms with E-state index in [0.29, 0.717) is 66.5 Å². The van der Waals surface area contributed by atoms with E-state index in [-0.39, 0.29) is 0 Å². The summed E-state index contributed by atoms with van der Waals surface area (Å²) in [5.41, 5.74) is 28.0. The SMILES string of the molecule is CC(C)[Si](C#Cc1c2ccc3c4c(sc5ccccc54)c(C#C[Si](C(C)C)(C(C)C)C(C)C)c4c(C#C[Si](C(C)C)(C(C)C)C(C)C)c5ccc6c7c(sc8ccccc87)c(C#C[Si](C(C)C)(C(C)C)C(C)C)c1c6c5c2c43)(C(C)C)C(C)C. The van der Waals surface area contributed by atoms with Crippen molar-refractivity contribution in [3.05, 3.63) is 95.1 Å². The molecule has 84 heavy (non-hydrogen) atoms. The van der Waals surface area contributed by atoms with Crippen molar-refractivity contribution in [3.8, 4) is 45.9 Å². The third kappa shape index (κ3) is 8.98. The summed E-state index contributed by atoms with van der Waals surface area (Å²) in [4.78, 5) is 0. The molecule has 0 saturated heterocycles. The van der Waals surface area contributed by atoms with Crippen molar-refractivity contribution in [1.29, 1.82) is 0 Å². The van der Waals surface area contributed by atoms with Gasteiger partial charge in [0.15, 0.2) is 0 Å². The first-order valence-corrected chi connectivity index (χ1v) is 42.9. The van der Waals surface area contributed by atoms with Crippen LogP contribution in [-0.2, 0) is 0 Å². The standard InChI is InChI=1S/C78H96S2Si4/c1-45(2)81(46(3)4,47(5)6)41-37-59-57-33-35-64-72-62-30-26-28-32-68(62)80-78(72)66(40-44-84(54(19)20,55(21)22)56(23)24)70-60(38-42-82(48(7)8,49(9)10)50(11)12)58-34-36-63-71-61-29-25-27-31-67(61)79-77(71)65(69(59)75(63)74(58)73(57)76(64)70)39-43-83(51(13)14,52(15)16)53(17)18/h25-36,45-56H,1-24H3. The second-order valence-corrected chi connectivity index (χ2v) is 53.7. The van der Waals surface area contributed by atoms with Crippen LogP contribution in [0.2, 0.25) is 66.5 Å². The van der Waals surface area contributed by atoms with Gasteiger partial charge in [-0.1, -0.05) is 251 Å². The third-order valence-corrected chi connectivity index (χ3v) is 49.5. The molecule has 0 unspecified atom stereocenters. The lowest BCUT2D eigenvalue weighted by Crippen LogP contribution is -2.43. The Morgan fingerprint density at radius 3 is 0.726 bits per heavy atom. The molecular formula is C78H96S2Si4. The maximum Gasteiger partial charge on any atom is 0.146 e. The number of benzene rings is 8. The lowest BCUT2D eigenvalue weighted by molar-refractivity contribution is 0.838. The molecule has 6 heteroatoms. The minimum absolute atomic E-state index is 0.474. The highest BCUT2D eigenvalue weighted by atomic mass is 32.1. The first kappa shape index (κ1) is 62.2. The van der Waals surface area contributed by atoms with Crippen molar-refractivity contribution in [2.24, 2.45) is 0 Å². The molecule has 2 heterocycles. The van der Waals surface area contributed by atoms with Crippen molar-refractivity contribution in [2.75, 3.05) is 0 Å². The van der Waals surface area contributed by atoms with Gasteiger partial charge in [0, 0.05) is 74.4 Å². The highest BCUT2D eigenvalue weighted by molar-refractivity contribution is 7.27. The zero-order chi connectivity index (χ0) is 61.2. The molecule has 0 spiro atoms. The minimum Gasteiger partial charge on any atom is -0.134 e. The minimum atomic E-state index is -2.28. The maximum atomic E-state index is 4.41. The normalized spacial score (nSPS) is 13.4. The van der Waals surface area contributed by atoms with E-state index < -0.39 is 32.3 Å². The molecule has 0 aliphatic heterocycles. The number of hydrogen-bond acceptors (Lipinski definition) is 2. The van der Waals surface area contributed by atoms with E-state index in [1.165, 1.54) is 105 Å². The molecule has 0 aliphatic carbocycles. The lowest BCUT2D eigenvalue weighted by atomic mass is 9.79. The quantitative estimate of drug-likeness (QED) is 0.0495. The first-order valence-electron chi connectivity index (χ1n) is 32.4. The van der Waals surface area contributed by atoms with Crippen molar-refractivity contribution in [2.45, 2.75) is 233 Å². The van der Waals surface area contributed by atoms with Gasteiger partial charge >= 0.3 is 0 Å². The van der Waals surface area contributed by atoms with Crippen LogP contribution in [0.3, 0.4) is 0 Å². The molecule has 0 saturated carbocycles. The Bertz CT molecular complexity index is 4090. The van der Waals surface area contributed by atoms with Crippen molar-refractivity contribution >= 4 is 149 Å². The molecule has 0 fully saturated rings. The molecule has 0 bridgehead atoms. The predicted molar refractivity (Wildman–Crippen MR) is 394 cm³/mol. The average molecular weight is 1210 g/mol. The van der Waals surface area contributed by atoms with Crippen LogP contribution in [0.5, 0.6) is 0 Å². The maximum absolute atomic E-state index is 4.41. The second-order valence-electron chi connectivity index (χ2n) is 29.3. The fourth-order valence-corrected chi connectivity index (χ4v) is 41.5. The smallest absolute Gasteiger partial charge is 0.134 e. The zero-order valence-electron chi connectivity index (χ0n) is 55.7. The molecule has 0 N–H and O–H groups in total. The van der Waals surface area contributed by atoms with Gasteiger partial charge in [-0.15, -0.1) is 44.8 Å². The van der Waals surface area contributed by atoms with Crippen LogP contribution < -0.4 is 0 Å². The molecule has 0 radical (unpaired) electrons. The molecule has 10 aromatic rings. The summed E-state index contributed by atoms with van der Waals surface area (Å²) in [6.45, 7) is 59.1. The van der Waals surface area contributed by atoms with E-state index in [1.807, 2.05) is 22.7 Å². The lowest BCUT2D eigenvalue weighted by Gasteiger charge is -2.38. The molecule has 436 valence electrons. The van der Waals surface area contributed by atoms with Crippen LogP contribution in [0.4, 0.5) is 0 Å². The summed E-state index contributed by atoms with van der Waals surface area (Å²) >= 11 is 3.89. The van der Waals surface area contributed by atoms with Gasteiger partial charge in [-0.05, 0) is 100 Å². The van der Waals surface area contributed by atoms with E-state index in [4.69, 9.17) is 0 Å². The summed E-state index contributed by atoms with van der Waals surface area (Å²) in [5.74, 6) is 17.3. The van der Waals surface area contributed by atoms with Gasteiger partial charge in [-0.3, -0.25) is 0 Å². The summed E-state index contributed by atoms with van der Waals surface area (Å²) in [5, 5.41) is 18.2. The topological polar surface area (TPSA) is 0 Å². The Kier molecular flexibility index (Phi) is 16.8. The van der Waals surface area contributed by atoms with E-state index >= 15 is 0 Å². The highest BCUT2D eigenvalue weighted by Crippen LogP contribution is 2.56.